The number of thiophene rings is 1. The maximum absolute atomic E-state index is 12.1. The molecule has 0 radical (unpaired) electrons. The quantitative estimate of drug-likeness (QED) is 0.504. The van der Waals surface area contributed by atoms with Crippen LogP contribution in [0.3, 0.4) is 0 Å². The average Bonchev–Trinajstić information content (AvgIpc) is 3.19. The second kappa shape index (κ2) is 7.02. The van der Waals surface area contributed by atoms with Crippen LogP contribution >= 0.6 is 11.3 Å². The lowest BCUT2D eigenvalue weighted by atomic mass is 10.2. The van der Waals surface area contributed by atoms with Gasteiger partial charge in [0.05, 0.1) is 23.8 Å². The Kier molecular flexibility index (Phi) is 4.80. The van der Waals surface area contributed by atoms with Crippen LogP contribution in [0, 0.1) is 0 Å². The van der Waals surface area contributed by atoms with E-state index in [1.165, 1.54) is 11.3 Å². The highest BCUT2D eigenvalue weighted by atomic mass is 32.1. The summed E-state index contributed by atoms with van der Waals surface area (Å²) in [5, 5.41) is 9.57. The number of benzene rings is 1. The van der Waals surface area contributed by atoms with Crippen molar-refractivity contribution >= 4 is 44.6 Å². The van der Waals surface area contributed by atoms with E-state index >= 15 is 0 Å². The number of carbonyl (C=O) groups is 1. The fraction of sp³-hybridized carbons (Fsp3) is 0.294. The summed E-state index contributed by atoms with van der Waals surface area (Å²) in [4.78, 5) is 18.7. The van der Waals surface area contributed by atoms with E-state index in [0.717, 1.165) is 15.8 Å². The minimum atomic E-state index is -0.317. The number of hydrogen-bond acceptors (Lipinski definition) is 7. The number of hydrogen-bond donors (Lipinski definition) is 0. The third kappa shape index (κ3) is 3.39. The van der Waals surface area contributed by atoms with Crippen LogP contribution in [0.25, 0.3) is 10.1 Å². The van der Waals surface area contributed by atoms with Gasteiger partial charge < -0.3 is 14.2 Å². The highest BCUT2D eigenvalue weighted by molar-refractivity contribution is 7.21. The predicted octanol–water partition coefficient (Wildman–Crippen LogP) is 4.29. The fourth-order valence-corrected chi connectivity index (χ4v) is 3.44. The molecule has 0 bridgehead atoms. The van der Waals surface area contributed by atoms with Gasteiger partial charge in [-0.2, -0.15) is 0 Å². The van der Waals surface area contributed by atoms with E-state index in [4.69, 9.17) is 4.74 Å². The number of esters is 1. The van der Waals surface area contributed by atoms with Gasteiger partial charge in [0.25, 0.3) is 0 Å². The number of nitrogens with zero attached hydrogens (tertiary/aromatic N) is 5. The van der Waals surface area contributed by atoms with Gasteiger partial charge in [0.15, 0.2) is 5.82 Å². The zero-order chi connectivity index (χ0) is 18.0. The fourth-order valence-electron chi connectivity index (χ4n) is 2.42. The van der Waals surface area contributed by atoms with E-state index in [-0.39, 0.29) is 5.97 Å². The molecule has 0 spiro atoms. The molecular weight excluding hydrogens is 338 g/mol. The lowest BCUT2D eigenvalue weighted by Crippen LogP contribution is -2.08. The summed E-state index contributed by atoms with van der Waals surface area (Å²) < 4.78 is 7.81. The van der Waals surface area contributed by atoms with E-state index in [1.54, 1.807) is 24.0 Å². The Morgan fingerprint density at radius 3 is 2.80 bits per heavy atom. The van der Waals surface area contributed by atoms with Gasteiger partial charge in [0, 0.05) is 32.2 Å². The van der Waals surface area contributed by atoms with Crippen molar-refractivity contribution in [2.24, 2.45) is 17.3 Å². The van der Waals surface area contributed by atoms with Gasteiger partial charge in [0.1, 0.15) is 10.6 Å². The summed E-state index contributed by atoms with van der Waals surface area (Å²) >= 11 is 1.37. The molecule has 8 heteroatoms. The second-order valence-corrected chi connectivity index (χ2v) is 6.69. The van der Waals surface area contributed by atoms with Crippen LogP contribution in [0.5, 0.6) is 0 Å². The smallest absolute Gasteiger partial charge is 0.348 e. The molecule has 0 aliphatic heterocycles. The number of azo groups is 1. The molecule has 0 aliphatic carbocycles. The first-order valence-corrected chi connectivity index (χ1v) is 8.62. The summed E-state index contributed by atoms with van der Waals surface area (Å²) in [6.07, 6.45) is 3.32. The van der Waals surface area contributed by atoms with Crippen LogP contribution in [0.15, 0.2) is 41.0 Å². The van der Waals surface area contributed by atoms with Crippen LogP contribution in [-0.4, -0.2) is 36.2 Å². The van der Waals surface area contributed by atoms with E-state index in [2.05, 4.69) is 15.2 Å². The van der Waals surface area contributed by atoms with Crippen molar-refractivity contribution in [2.45, 2.75) is 6.92 Å². The Bertz CT molecular complexity index is 942. The topological polar surface area (TPSA) is 72.1 Å². The lowest BCUT2D eigenvalue weighted by molar-refractivity contribution is 0.0532. The Morgan fingerprint density at radius 1 is 1.36 bits per heavy atom. The van der Waals surface area contributed by atoms with Crippen molar-refractivity contribution in [1.82, 2.24) is 9.55 Å². The average molecular weight is 357 g/mol. The number of aromatic nitrogens is 2. The summed E-state index contributed by atoms with van der Waals surface area (Å²) in [5.41, 5.74) is 1.73. The van der Waals surface area contributed by atoms with E-state index < -0.39 is 0 Å². The van der Waals surface area contributed by atoms with Crippen molar-refractivity contribution in [3.05, 3.63) is 35.6 Å². The summed E-state index contributed by atoms with van der Waals surface area (Å²) in [6.45, 7) is 2.14. The molecule has 0 N–H and O–H groups in total. The van der Waals surface area contributed by atoms with Crippen LogP contribution < -0.4 is 4.90 Å². The standard InChI is InChI=1S/C17H19N5O2S/c1-5-24-17(23)14-8-11-13(21(2)3)7-6-12(16(11)25-14)19-20-15-9-18-10-22(15)4/h6-10H,5H2,1-4H3. The number of imidazole rings is 1. The van der Waals surface area contributed by atoms with Gasteiger partial charge in [-0.3, -0.25) is 0 Å². The summed E-state index contributed by atoms with van der Waals surface area (Å²) in [5.74, 6) is 0.343. The molecule has 0 amide bonds. The molecule has 0 aliphatic rings. The van der Waals surface area contributed by atoms with Gasteiger partial charge in [0.2, 0.25) is 0 Å². The Hall–Kier alpha value is -2.74. The number of rotatable bonds is 5. The monoisotopic (exact) mass is 357 g/mol. The molecule has 7 nitrogen and oxygen atoms in total. The molecular formula is C17H19N5O2S. The molecule has 0 saturated carbocycles. The van der Waals surface area contributed by atoms with Crippen molar-refractivity contribution < 1.29 is 9.53 Å². The maximum atomic E-state index is 12.1. The lowest BCUT2D eigenvalue weighted by Gasteiger charge is -2.14. The minimum Gasteiger partial charge on any atom is -0.462 e. The molecule has 0 unspecified atom stereocenters. The Morgan fingerprint density at radius 2 is 2.16 bits per heavy atom. The zero-order valence-electron chi connectivity index (χ0n) is 14.6. The van der Waals surface area contributed by atoms with Crippen molar-refractivity contribution in [1.29, 1.82) is 0 Å². The minimum absolute atomic E-state index is 0.317. The predicted molar refractivity (Wildman–Crippen MR) is 99.5 cm³/mol. The van der Waals surface area contributed by atoms with Crippen LogP contribution in [0.1, 0.15) is 16.6 Å². The number of aryl methyl sites for hydroxylation is 1. The molecule has 130 valence electrons. The van der Waals surface area contributed by atoms with Crippen molar-refractivity contribution in [3.63, 3.8) is 0 Å². The van der Waals surface area contributed by atoms with Gasteiger partial charge in [-0.15, -0.1) is 21.6 Å². The van der Waals surface area contributed by atoms with Gasteiger partial charge in [-0.1, -0.05) is 0 Å². The SMILES string of the molecule is CCOC(=O)c1cc2c(N(C)C)ccc(N=Nc3cncn3C)c2s1. The molecule has 3 rings (SSSR count). The molecule has 1 aromatic carbocycles. The molecule has 25 heavy (non-hydrogen) atoms. The maximum Gasteiger partial charge on any atom is 0.348 e. The third-order valence-electron chi connectivity index (χ3n) is 3.65. The van der Waals surface area contributed by atoms with Crippen molar-refractivity contribution in [2.75, 3.05) is 25.6 Å². The van der Waals surface area contributed by atoms with Crippen LogP contribution in [0.4, 0.5) is 17.2 Å². The second-order valence-electron chi connectivity index (χ2n) is 5.63. The first-order chi connectivity index (χ1) is 12.0. The number of ether oxygens (including phenoxy) is 1. The molecule has 2 aromatic heterocycles. The highest BCUT2D eigenvalue weighted by Gasteiger charge is 2.17. The largest absolute Gasteiger partial charge is 0.462 e. The number of anilines is 1. The van der Waals surface area contributed by atoms with E-state index in [1.807, 2.05) is 44.2 Å². The first kappa shape index (κ1) is 17.1. The molecule has 0 atom stereocenters. The number of carbonyl (C=O) groups excluding carboxylic acids is 1. The molecule has 2 heterocycles. The van der Waals surface area contributed by atoms with Gasteiger partial charge in [-0.25, -0.2) is 9.78 Å². The third-order valence-corrected chi connectivity index (χ3v) is 4.79. The van der Waals surface area contributed by atoms with E-state index in [9.17, 15) is 4.79 Å². The van der Waals surface area contributed by atoms with Crippen molar-refractivity contribution in [3.8, 4) is 0 Å². The molecule has 0 fully saturated rings. The van der Waals surface area contributed by atoms with E-state index in [0.29, 0.717) is 23.0 Å². The van der Waals surface area contributed by atoms with Gasteiger partial charge in [-0.05, 0) is 25.1 Å². The van der Waals surface area contributed by atoms with Crippen LogP contribution in [0.2, 0.25) is 0 Å². The first-order valence-electron chi connectivity index (χ1n) is 7.80. The molecule has 3 aromatic rings. The molecule has 0 saturated heterocycles. The Balaban J connectivity index is 2.09. The normalized spacial score (nSPS) is 11.4. The summed E-state index contributed by atoms with van der Waals surface area (Å²) in [7, 11) is 5.79. The zero-order valence-corrected chi connectivity index (χ0v) is 15.4. The number of fused-ring (bicyclic) bond motifs is 1. The summed E-state index contributed by atoms with van der Waals surface area (Å²) in [6, 6.07) is 5.74. The van der Waals surface area contributed by atoms with Crippen LogP contribution in [-0.2, 0) is 11.8 Å². The Labute approximate surface area is 149 Å². The highest BCUT2D eigenvalue weighted by Crippen LogP contribution is 2.40. The van der Waals surface area contributed by atoms with Gasteiger partial charge >= 0.3 is 5.97 Å².